The summed E-state index contributed by atoms with van der Waals surface area (Å²) in [6.07, 6.45) is 4.41. The molecule has 124 valence electrons. The van der Waals surface area contributed by atoms with Crippen molar-refractivity contribution in [2.45, 2.75) is 32.6 Å². The number of benzene rings is 1. The van der Waals surface area contributed by atoms with E-state index in [0.717, 1.165) is 57.6 Å². The molecule has 1 saturated heterocycles. The summed E-state index contributed by atoms with van der Waals surface area (Å²) in [5.74, 6) is 2.00. The molecule has 1 aliphatic heterocycles. The van der Waals surface area contributed by atoms with Gasteiger partial charge in [0.15, 0.2) is 15.4 Å². The first kappa shape index (κ1) is 15.7. The Morgan fingerprint density at radius 3 is 2.58 bits per heavy atom. The lowest BCUT2D eigenvalue weighted by atomic mass is 10.3. The number of fused-ring (bicyclic) bond motifs is 1. The van der Waals surface area contributed by atoms with Crippen LogP contribution in [0.1, 0.15) is 32.0 Å². The molecule has 0 aliphatic carbocycles. The van der Waals surface area contributed by atoms with Crippen LogP contribution in [0, 0.1) is 3.95 Å². The minimum Gasteiger partial charge on any atom is -0.355 e. The Morgan fingerprint density at radius 1 is 1.12 bits per heavy atom. The Labute approximate surface area is 150 Å². The highest BCUT2D eigenvalue weighted by atomic mass is 32.1. The number of nitrogens with zero attached hydrogens (tertiary/aromatic N) is 4. The van der Waals surface area contributed by atoms with Crippen LogP contribution in [0.15, 0.2) is 30.3 Å². The van der Waals surface area contributed by atoms with Crippen molar-refractivity contribution < 1.29 is 0 Å². The van der Waals surface area contributed by atoms with Crippen molar-refractivity contribution in [3.8, 4) is 5.69 Å². The Bertz CT molecular complexity index is 908. The third-order valence-electron chi connectivity index (χ3n) is 4.35. The molecule has 0 unspecified atom stereocenters. The van der Waals surface area contributed by atoms with Crippen LogP contribution in [0.5, 0.6) is 0 Å². The highest BCUT2D eigenvalue weighted by Gasteiger charge is 2.21. The zero-order valence-corrected chi connectivity index (χ0v) is 15.4. The van der Waals surface area contributed by atoms with Crippen LogP contribution in [-0.2, 0) is 6.42 Å². The zero-order valence-electron chi connectivity index (χ0n) is 13.7. The van der Waals surface area contributed by atoms with Crippen molar-refractivity contribution in [2.24, 2.45) is 0 Å². The normalized spacial score (nSPS) is 14.6. The van der Waals surface area contributed by atoms with Gasteiger partial charge in [-0.25, -0.2) is 9.97 Å². The van der Waals surface area contributed by atoms with Crippen molar-refractivity contribution in [2.75, 3.05) is 18.0 Å². The third kappa shape index (κ3) is 2.74. The molecule has 1 aliphatic rings. The highest BCUT2D eigenvalue weighted by Crippen LogP contribution is 2.34. The lowest BCUT2D eigenvalue weighted by Gasteiger charge is -2.18. The van der Waals surface area contributed by atoms with Gasteiger partial charge in [-0.15, -0.1) is 0 Å². The van der Waals surface area contributed by atoms with Gasteiger partial charge < -0.3 is 4.90 Å². The number of hydrogen-bond donors (Lipinski definition) is 0. The predicted octanol–water partition coefficient (Wildman–Crippen LogP) is 4.76. The quantitative estimate of drug-likeness (QED) is 0.631. The average Bonchev–Trinajstić information content (AvgIpc) is 3.22. The Kier molecular flexibility index (Phi) is 4.33. The van der Waals surface area contributed by atoms with Crippen molar-refractivity contribution >= 4 is 39.7 Å². The van der Waals surface area contributed by atoms with E-state index in [1.807, 2.05) is 18.2 Å². The molecule has 0 radical (unpaired) electrons. The minimum absolute atomic E-state index is 0.833. The van der Waals surface area contributed by atoms with E-state index in [0.29, 0.717) is 0 Å². The van der Waals surface area contributed by atoms with E-state index in [-0.39, 0.29) is 0 Å². The summed E-state index contributed by atoms with van der Waals surface area (Å²) in [4.78, 5) is 12.1. The summed E-state index contributed by atoms with van der Waals surface area (Å²) in [7, 11) is 0. The Balaban J connectivity index is 1.98. The van der Waals surface area contributed by atoms with Gasteiger partial charge >= 0.3 is 0 Å². The second kappa shape index (κ2) is 6.61. The molecule has 6 heteroatoms. The number of aromatic nitrogens is 3. The first-order chi connectivity index (χ1) is 11.8. The van der Waals surface area contributed by atoms with Gasteiger partial charge in [-0.3, -0.25) is 4.57 Å². The maximum absolute atomic E-state index is 5.67. The first-order valence-corrected chi connectivity index (χ1v) is 9.73. The molecular formula is C18H20N4S2. The Morgan fingerprint density at radius 2 is 1.88 bits per heavy atom. The molecule has 0 amide bonds. The molecule has 24 heavy (non-hydrogen) atoms. The van der Waals surface area contributed by atoms with Gasteiger partial charge in [-0.05, 0) is 43.6 Å². The molecule has 3 aromatic rings. The molecule has 1 aromatic carbocycles. The lowest BCUT2D eigenvalue weighted by molar-refractivity contribution is 0.824. The standard InChI is InChI=1S/C18H20N4S2/c1-2-8-14-19-16(21-11-6-7-12-21)15-17(20-14)22(18(23)24-15)13-9-4-3-5-10-13/h3-5,9-10H,2,6-8,11-12H2,1H3. The first-order valence-electron chi connectivity index (χ1n) is 8.51. The molecule has 1 fully saturated rings. The highest BCUT2D eigenvalue weighted by molar-refractivity contribution is 7.73. The fourth-order valence-electron chi connectivity index (χ4n) is 3.22. The van der Waals surface area contributed by atoms with E-state index in [9.17, 15) is 0 Å². The van der Waals surface area contributed by atoms with Gasteiger partial charge in [0.1, 0.15) is 10.5 Å². The Hall–Kier alpha value is -1.79. The molecule has 4 nitrogen and oxygen atoms in total. The van der Waals surface area contributed by atoms with Crippen LogP contribution in [-0.4, -0.2) is 27.6 Å². The number of para-hydroxylation sites is 1. The van der Waals surface area contributed by atoms with Gasteiger partial charge in [-0.2, -0.15) is 0 Å². The summed E-state index contributed by atoms with van der Waals surface area (Å²) < 4.78 is 4.04. The molecule has 0 spiro atoms. The molecule has 0 N–H and O–H groups in total. The maximum Gasteiger partial charge on any atom is 0.168 e. The molecule has 0 saturated carbocycles. The number of hydrogen-bond acceptors (Lipinski definition) is 5. The van der Waals surface area contributed by atoms with E-state index < -0.39 is 0 Å². The maximum atomic E-state index is 5.67. The number of aryl methyl sites for hydroxylation is 1. The van der Waals surface area contributed by atoms with Crippen LogP contribution in [0.3, 0.4) is 0 Å². The molecule has 0 atom stereocenters. The number of anilines is 1. The van der Waals surface area contributed by atoms with Crippen LogP contribution in [0.2, 0.25) is 0 Å². The predicted molar refractivity (Wildman–Crippen MR) is 103 cm³/mol. The van der Waals surface area contributed by atoms with E-state index in [1.54, 1.807) is 11.3 Å². The van der Waals surface area contributed by atoms with Gasteiger partial charge in [0.25, 0.3) is 0 Å². The number of thiazole rings is 1. The van der Waals surface area contributed by atoms with Gasteiger partial charge in [0.2, 0.25) is 0 Å². The smallest absolute Gasteiger partial charge is 0.168 e. The second-order valence-electron chi connectivity index (χ2n) is 6.10. The summed E-state index contributed by atoms with van der Waals surface area (Å²) >= 11 is 7.30. The van der Waals surface area contributed by atoms with Crippen LogP contribution < -0.4 is 4.90 Å². The lowest BCUT2D eigenvalue weighted by Crippen LogP contribution is -2.20. The minimum atomic E-state index is 0.833. The van der Waals surface area contributed by atoms with Crippen LogP contribution >= 0.6 is 23.6 Å². The van der Waals surface area contributed by atoms with Gasteiger partial charge in [-0.1, -0.05) is 36.5 Å². The van der Waals surface area contributed by atoms with Gasteiger partial charge in [0.05, 0.1) is 0 Å². The van der Waals surface area contributed by atoms with E-state index in [4.69, 9.17) is 22.2 Å². The SMILES string of the molecule is CCCc1nc(N2CCCC2)c2sc(=S)n(-c3ccccc3)c2n1. The molecule has 4 rings (SSSR count). The van der Waals surface area contributed by atoms with Crippen molar-refractivity contribution in [3.63, 3.8) is 0 Å². The fraction of sp³-hybridized carbons (Fsp3) is 0.389. The van der Waals surface area contributed by atoms with E-state index in [2.05, 4.69) is 28.5 Å². The molecular weight excluding hydrogens is 336 g/mol. The summed E-state index contributed by atoms with van der Waals surface area (Å²) in [6, 6.07) is 10.3. The second-order valence-corrected chi connectivity index (χ2v) is 7.74. The third-order valence-corrected chi connectivity index (χ3v) is 5.71. The largest absolute Gasteiger partial charge is 0.355 e. The van der Waals surface area contributed by atoms with Gasteiger partial charge in [0, 0.05) is 25.2 Å². The molecule has 3 heterocycles. The van der Waals surface area contributed by atoms with Crippen LogP contribution in [0.4, 0.5) is 5.82 Å². The van der Waals surface area contributed by atoms with Crippen molar-refractivity contribution in [1.82, 2.24) is 14.5 Å². The van der Waals surface area contributed by atoms with Crippen molar-refractivity contribution in [1.29, 1.82) is 0 Å². The molecule has 2 aromatic heterocycles. The zero-order chi connectivity index (χ0) is 16.5. The summed E-state index contributed by atoms with van der Waals surface area (Å²) in [6.45, 7) is 4.32. The monoisotopic (exact) mass is 356 g/mol. The average molecular weight is 357 g/mol. The van der Waals surface area contributed by atoms with E-state index in [1.165, 1.54) is 12.8 Å². The van der Waals surface area contributed by atoms with Crippen LogP contribution in [0.25, 0.3) is 16.0 Å². The summed E-state index contributed by atoms with van der Waals surface area (Å²) in [5.41, 5.74) is 2.03. The number of rotatable bonds is 4. The van der Waals surface area contributed by atoms with Crippen molar-refractivity contribution in [3.05, 3.63) is 40.1 Å². The fourth-order valence-corrected chi connectivity index (χ4v) is 4.61. The topological polar surface area (TPSA) is 34.0 Å². The summed E-state index contributed by atoms with van der Waals surface area (Å²) in [5, 5.41) is 0. The molecule has 0 bridgehead atoms. The van der Waals surface area contributed by atoms with E-state index >= 15 is 0 Å².